The summed E-state index contributed by atoms with van der Waals surface area (Å²) >= 11 is 3.38. The second-order valence-corrected chi connectivity index (χ2v) is 4.78. The maximum absolute atomic E-state index is 11.5. The summed E-state index contributed by atoms with van der Waals surface area (Å²) in [6, 6.07) is 5.44. The molecule has 0 aliphatic heterocycles. The molecule has 2 aromatic rings. The minimum Gasteiger partial charge on any atom is -0.478 e. The van der Waals surface area contributed by atoms with E-state index in [1.807, 2.05) is 12.1 Å². The Morgan fingerprint density at radius 3 is 2.83 bits per heavy atom. The first kappa shape index (κ1) is 13.0. The van der Waals surface area contributed by atoms with Gasteiger partial charge in [0.25, 0.3) is 0 Å². The molecule has 0 atom stereocenters. The van der Waals surface area contributed by atoms with Crippen LogP contribution in [0.5, 0.6) is 0 Å². The topological polar surface area (TPSA) is 59.4 Å². The van der Waals surface area contributed by atoms with E-state index in [1.54, 1.807) is 13.0 Å². The molecule has 1 N–H and O–H groups in total. The number of benzene rings is 1. The largest absolute Gasteiger partial charge is 0.478 e. The van der Waals surface area contributed by atoms with Gasteiger partial charge in [-0.05, 0) is 19.1 Å². The van der Waals surface area contributed by atoms with E-state index in [-0.39, 0.29) is 12.2 Å². The van der Waals surface area contributed by atoms with Gasteiger partial charge in [0.2, 0.25) is 0 Å². The fraction of sp³-hybridized carbons (Fsp3) is 0.231. The van der Waals surface area contributed by atoms with Crippen molar-refractivity contribution >= 4 is 32.8 Å². The maximum atomic E-state index is 11.5. The number of aromatic nitrogens is 1. The average molecular weight is 310 g/mol. The predicted octanol–water partition coefficient (Wildman–Crippen LogP) is 3.15. The van der Waals surface area contributed by atoms with E-state index >= 15 is 0 Å². The third-order valence-electron chi connectivity index (χ3n) is 2.77. The van der Waals surface area contributed by atoms with E-state index < -0.39 is 5.97 Å². The molecule has 0 saturated heterocycles. The molecule has 0 aliphatic rings. The monoisotopic (exact) mass is 309 g/mol. The van der Waals surface area contributed by atoms with Gasteiger partial charge in [-0.2, -0.15) is 0 Å². The van der Waals surface area contributed by atoms with Crippen LogP contribution in [0.4, 0.5) is 0 Å². The molecule has 94 valence electrons. The normalized spacial score (nSPS) is 10.8. The maximum Gasteiger partial charge on any atom is 0.336 e. The first-order chi connectivity index (χ1) is 8.56. The van der Waals surface area contributed by atoms with E-state index in [0.29, 0.717) is 22.2 Å². The summed E-state index contributed by atoms with van der Waals surface area (Å²) in [5, 5.41) is 10.0. The van der Waals surface area contributed by atoms with Gasteiger partial charge in [0.05, 0.1) is 17.7 Å². The highest BCUT2D eigenvalue weighted by atomic mass is 79.9. The van der Waals surface area contributed by atoms with Crippen LogP contribution in [-0.4, -0.2) is 23.2 Å². The van der Waals surface area contributed by atoms with Crippen LogP contribution in [0.15, 0.2) is 22.7 Å². The summed E-state index contributed by atoms with van der Waals surface area (Å²) in [4.78, 5) is 15.9. The van der Waals surface area contributed by atoms with Gasteiger partial charge in [-0.15, -0.1) is 0 Å². The smallest absolute Gasteiger partial charge is 0.336 e. The Hall–Kier alpha value is -1.46. The number of rotatable bonds is 3. The number of methoxy groups -OCH3 is 1. The van der Waals surface area contributed by atoms with Gasteiger partial charge in [-0.3, -0.25) is 4.98 Å². The number of ether oxygens (including phenoxy) is 1. The summed E-state index contributed by atoms with van der Waals surface area (Å²) in [7, 11) is 1.54. The van der Waals surface area contributed by atoms with Crippen LogP contribution in [0, 0.1) is 6.92 Å². The number of carbonyl (C=O) groups is 1. The lowest BCUT2D eigenvalue weighted by atomic mass is 10.0. The molecule has 1 heterocycles. The number of hydrogen-bond acceptors (Lipinski definition) is 3. The lowest BCUT2D eigenvalue weighted by molar-refractivity contribution is 0.0693. The molecular formula is C13H12BrNO3. The third kappa shape index (κ3) is 2.11. The fourth-order valence-electron chi connectivity index (χ4n) is 1.99. The van der Waals surface area contributed by atoms with E-state index in [2.05, 4.69) is 20.9 Å². The molecule has 1 aromatic carbocycles. The minimum atomic E-state index is -0.968. The number of halogens is 1. The van der Waals surface area contributed by atoms with Crippen molar-refractivity contribution in [3.8, 4) is 0 Å². The molecule has 0 spiro atoms. The molecule has 4 nitrogen and oxygen atoms in total. The lowest BCUT2D eigenvalue weighted by Gasteiger charge is -2.12. The predicted molar refractivity (Wildman–Crippen MR) is 71.9 cm³/mol. The van der Waals surface area contributed by atoms with Crippen LogP contribution < -0.4 is 0 Å². The van der Waals surface area contributed by atoms with Crippen LogP contribution in [0.3, 0.4) is 0 Å². The molecular weight excluding hydrogens is 298 g/mol. The minimum absolute atomic E-state index is 0.234. The van der Waals surface area contributed by atoms with E-state index in [9.17, 15) is 9.90 Å². The van der Waals surface area contributed by atoms with Gasteiger partial charge >= 0.3 is 5.97 Å². The molecule has 0 radical (unpaired) electrons. The number of hydrogen-bond donors (Lipinski definition) is 1. The highest BCUT2D eigenvalue weighted by molar-refractivity contribution is 9.10. The zero-order chi connectivity index (χ0) is 13.3. The molecule has 0 amide bonds. The van der Waals surface area contributed by atoms with Crippen molar-refractivity contribution in [2.24, 2.45) is 0 Å². The SMILES string of the molecule is COCc1c(C)nc2cccc(Br)c2c1C(=O)O. The van der Waals surface area contributed by atoms with Crippen molar-refractivity contribution in [1.29, 1.82) is 0 Å². The molecule has 0 unspecified atom stereocenters. The molecule has 1 aromatic heterocycles. The number of pyridine rings is 1. The molecule has 0 saturated carbocycles. The number of carboxylic acids is 1. The van der Waals surface area contributed by atoms with Crippen molar-refractivity contribution < 1.29 is 14.6 Å². The first-order valence-electron chi connectivity index (χ1n) is 5.36. The summed E-state index contributed by atoms with van der Waals surface area (Å²) in [5.41, 5.74) is 2.22. The Labute approximate surface area is 113 Å². The van der Waals surface area contributed by atoms with Crippen LogP contribution in [0.1, 0.15) is 21.6 Å². The number of aromatic carboxylic acids is 1. The van der Waals surface area contributed by atoms with E-state index in [1.165, 1.54) is 7.11 Å². The second-order valence-electron chi connectivity index (χ2n) is 3.92. The first-order valence-corrected chi connectivity index (χ1v) is 6.15. The lowest BCUT2D eigenvalue weighted by Crippen LogP contribution is -2.09. The zero-order valence-electron chi connectivity index (χ0n) is 10.0. The number of aryl methyl sites for hydroxylation is 1. The van der Waals surface area contributed by atoms with Crippen LogP contribution >= 0.6 is 15.9 Å². The number of carboxylic acid groups (broad SMARTS) is 1. The molecule has 5 heteroatoms. The summed E-state index contributed by atoms with van der Waals surface area (Å²) in [6.45, 7) is 2.03. The van der Waals surface area contributed by atoms with Crippen molar-refractivity contribution in [2.75, 3.05) is 7.11 Å². The van der Waals surface area contributed by atoms with Gasteiger partial charge in [0, 0.05) is 28.2 Å². The van der Waals surface area contributed by atoms with Crippen LogP contribution in [0.25, 0.3) is 10.9 Å². The molecule has 2 rings (SSSR count). The van der Waals surface area contributed by atoms with Crippen molar-refractivity contribution in [2.45, 2.75) is 13.5 Å². The Balaban J connectivity index is 2.92. The van der Waals surface area contributed by atoms with Gasteiger partial charge in [0.15, 0.2) is 0 Å². The second kappa shape index (κ2) is 5.04. The summed E-state index contributed by atoms with van der Waals surface area (Å²) in [5.74, 6) is -0.968. The Morgan fingerprint density at radius 1 is 1.50 bits per heavy atom. The van der Waals surface area contributed by atoms with Gasteiger partial charge in [-0.25, -0.2) is 4.79 Å². The average Bonchev–Trinajstić information content (AvgIpc) is 2.30. The van der Waals surface area contributed by atoms with Crippen molar-refractivity contribution in [3.63, 3.8) is 0 Å². The molecule has 0 aliphatic carbocycles. The van der Waals surface area contributed by atoms with Crippen molar-refractivity contribution in [1.82, 2.24) is 4.98 Å². The Morgan fingerprint density at radius 2 is 2.22 bits per heavy atom. The van der Waals surface area contributed by atoms with Gasteiger partial charge < -0.3 is 9.84 Å². The Kier molecular flexibility index (Phi) is 3.63. The van der Waals surface area contributed by atoms with Crippen molar-refractivity contribution in [3.05, 3.63) is 39.5 Å². The standard InChI is InChI=1S/C13H12BrNO3/c1-7-8(6-18-2)11(13(16)17)12-9(14)4-3-5-10(12)15-7/h3-5H,6H2,1-2H3,(H,16,17). The van der Waals surface area contributed by atoms with E-state index in [4.69, 9.17) is 4.74 Å². The highest BCUT2D eigenvalue weighted by Crippen LogP contribution is 2.30. The van der Waals surface area contributed by atoms with Gasteiger partial charge in [0.1, 0.15) is 0 Å². The molecule has 18 heavy (non-hydrogen) atoms. The number of fused-ring (bicyclic) bond motifs is 1. The summed E-state index contributed by atoms with van der Waals surface area (Å²) in [6.07, 6.45) is 0. The Bertz CT molecular complexity index is 625. The van der Waals surface area contributed by atoms with E-state index in [0.717, 1.165) is 4.47 Å². The quantitative estimate of drug-likeness (QED) is 0.946. The van der Waals surface area contributed by atoms with Crippen LogP contribution in [-0.2, 0) is 11.3 Å². The van der Waals surface area contributed by atoms with Gasteiger partial charge in [-0.1, -0.05) is 22.0 Å². The molecule has 0 fully saturated rings. The fourth-order valence-corrected chi connectivity index (χ4v) is 2.54. The van der Waals surface area contributed by atoms with Crippen LogP contribution in [0.2, 0.25) is 0 Å². The highest BCUT2D eigenvalue weighted by Gasteiger charge is 2.19. The number of nitrogens with zero attached hydrogens (tertiary/aromatic N) is 1. The summed E-state index contributed by atoms with van der Waals surface area (Å²) < 4.78 is 5.79. The molecule has 0 bridgehead atoms. The third-order valence-corrected chi connectivity index (χ3v) is 3.43. The zero-order valence-corrected chi connectivity index (χ0v) is 11.6.